The molecule has 2 nitrogen and oxygen atoms in total. The van der Waals surface area contributed by atoms with Gasteiger partial charge >= 0.3 is 0 Å². The number of benzene rings is 1. The average molecular weight is 247 g/mol. The molecule has 0 saturated heterocycles. The van der Waals surface area contributed by atoms with Gasteiger partial charge in [0.05, 0.1) is 6.61 Å². The minimum absolute atomic E-state index is 0.522. The fourth-order valence-electron chi connectivity index (χ4n) is 1.78. The van der Waals surface area contributed by atoms with Crippen LogP contribution in [0.15, 0.2) is 36.9 Å². The zero-order valence-corrected chi connectivity index (χ0v) is 11.6. The summed E-state index contributed by atoms with van der Waals surface area (Å²) in [4.78, 5) is 0. The Hall–Kier alpha value is -1.28. The number of hydrogen-bond acceptors (Lipinski definition) is 2. The van der Waals surface area contributed by atoms with Gasteiger partial charge in [-0.15, -0.1) is 6.58 Å². The van der Waals surface area contributed by atoms with Crippen molar-refractivity contribution in [1.29, 1.82) is 0 Å². The van der Waals surface area contributed by atoms with Crippen LogP contribution < -0.4 is 10.1 Å². The fourth-order valence-corrected chi connectivity index (χ4v) is 1.78. The second-order valence-corrected chi connectivity index (χ2v) is 4.72. The Bertz CT molecular complexity index is 349. The van der Waals surface area contributed by atoms with Crippen LogP contribution in [0.25, 0.3) is 0 Å². The number of allylic oxidation sites excluding steroid dienone is 1. The SMILES string of the molecule is C=CCc1ccccc1OCC(C)CNCCC. The minimum atomic E-state index is 0.522. The Morgan fingerprint density at radius 1 is 1.39 bits per heavy atom. The predicted octanol–water partition coefficient (Wildman–Crippen LogP) is 3.43. The molecule has 0 aliphatic heterocycles. The Labute approximate surface area is 111 Å². The van der Waals surface area contributed by atoms with Gasteiger partial charge in [0.2, 0.25) is 0 Å². The zero-order chi connectivity index (χ0) is 13.2. The van der Waals surface area contributed by atoms with Crippen LogP contribution in [-0.4, -0.2) is 19.7 Å². The lowest BCUT2D eigenvalue weighted by molar-refractivity contribution is 0.254. The molecule has 0 spiro atoms. The number of nitrogens with one attached hydrogen (secondary N) is 1. The maximum atomic E-state index is 5.89. The third-order valence-corrected chi connectivity index (χ3v) is 2.78. The third-order valence-electron chi connectivity index (χ3n) is 2.78. The molecule has 1 aromatic carbocycles. The normalized spacial score (nSPS) is 12.1. The molecule has 0 amide bonds. The van der Waals surface area contributed by atoms with Gasteiger partial charge in [-0.05, 0) is 31.0 Å². The van der Waals surface area contributed by atoms with E-state index >= 15 is 0 Å². The van der Waals surface area contributed by atoms with Crippen molar-refractivity contribution in [3.63, 3.8) is 0 Å². The van der Waals surface area contributed by atoms with Crippen LogP contribution in [-0.2, 0) is 6.42 Å². The van der Waals surface area contributed by atoms with Gasteiger partial charge in [0.1, 0.15) is 5.75 Å². The molecule has 18 heavy (non-hydrogen) atoms. The van der Waals surface area contributed by atoms with E-state index in [1.54, 1.807) is 0 Å². The quantitative estimate of drug-likeness (QED) is 0.533. The van der Waals surface area contributed by atoms with Gasteiger partial charge in [0, 0.05) is 12.5 Å². The van der Waals surface area contributed by atoms with Gasteiger partial charge in [0.25, 0.3) is 0 Å². The Morgan fingerprint density at radius 3 is 2.89 bits per heavy atom. The molecule has 0 fully saturated rings. The third kappa shape index (κ3) is 5.37. The van der Waals surface area contributed by atoms with Crippen LogP contribution in [0, 0.1) is 5.92 Å². The number of hydrogen-bond donors (Lipinski definition) is 1. The number of ether oxygens (including phenoxy) is 1. The summed E-state index contributed by atoms with van der Waals surface area (Å²) >= 11 is 0. The lowest BCUT2D eigenvalue weighted by atomic mass is 10.1. The standard InChI is InChI=1S/C16H25NO/c1-4-8-15-9-6-7-10-16(15)18-13-14(3)12-17-11-5-2/h4,6-7,9-10,14,17H,1,5,8,11-13H2,2-3H3. The van der Waals surface area contributed by atoms with Crippen molar-refractivity contribution >= 4 is 0 Å². The second-order valence-electron chi connectivity index (χ2n) is 4.72. The molecule has 100 valence electrons. The molecule has 0 radical (unpaired) electrons. The van der Waals surface area contributed by atoms with Crippen LogP contribution >= 0.6 is 0 Å². The maximum absolute atomic E-state index is 5.89. The number of para-hydroxylation sites is 1. The first-order valence-corrected chi connectivity index (χ1v) is 6.80. The van der Waals surface area contributed by atoms with Crippen LogP contribution in [0.3, 0.4) is 0 Å². The highest BCUT2D eigenvalue weighted by Crippen LogP contribution is 2.19. The van der Waals surface area contributed by atoms with Gasteiger partial charge in [0.15, 0.2) is 0 Å². The predicted molar refractivity (Wildman–Crippen MR) is 78.2 cm³/mol. The second kappa shape index (κ2) is 8.76. The van der Waals surface area contributed by atoms with Crippen LogP contribution in [0.4, 0.5) is 0 Å². The van der Waals surface area contributed by atoms with Crippen LogP contribution in [0.2, 0.25) is 0 Å². The van der Waals surface area contributed by atoms with E-state index in [2.05, 4.69) is 31.8 Å². The Kier molecular flexibility index (Phi) is 7.19. The van der Waals surface area contributed by atoms with E-state index in [0.717, 1.165) is 31.9 Å². The highest BCUT2D eigenvalue weighted by atomic mass is 16.5. The van der Waals surface area contributed by atoms with Gasteiger partial charge in [-0.2, -0.15) is 0 Å². The summed E-state index contributed by atoms with van der Waals surface area (Å²) in [7, 11) is 0. The van der Waals surface area contributed by atoms with Gasteiger partial charge in [-0.1, -0.05) is 38.1 Å². The maximum Gasteiger partial charge on any atom is 0.122 e. The first-order valence-electron chi connectivity index (χ1n) is 6.80. The molecule has 1 rings (SSSR count). The molecule has 1 aromatic rings. The van der Waals surface area contributed by atoms with Crippen LogP contribution in [0.5, 0.6) is 5.75 Å². The molecule has 0 aliphatic rings. The summed E-state index contributed by atoms with van der Waals surface area (Å²) in [6, 6.07) is 8.18. The van der Waals surface area contributed by atoms with E-state index in [1.165, 1.54) is 12.0 Å². The molecular formula is C16H25NO. The molecule has 0 aliphatic carbocycles. The number of rotatable bonds is 9. The van der Waals surface area contributed by atoms with Crippen molar-refractivity contribution in [3.8, 4) is 5.75 Å². The summed E-state index contributed by atoms with van der Waals surface area (Å²) < 4.78 is 5.89. The van der Waals surface area contributed by atoms with Gasteiger partial charge in [-0.3, -0.25) is 0 Å². The zero-order valence-electron chi connectivity index (χ0n) is 11.6. The van der Waals surface area contributed by atoms with E-state index in [1.807, 2.05) is 24.3 Å². The van der Waals surface area contributed by atoms with Crippen molar-refractivity contribution in [2.45, 2.75) is 26.7 Å². The van der Waals surface area contributed by atoms with E-state index in [0.29, 0.717) is 5.92 Å². The van der Waals surface area contributed by atoms with Crippen LogP contribution in [0.1, 0.15) is 25.8 Å². The molecule has 1 unspecified atom stereocenters. The average Bonchev–Trinajstić information content (AvgIpc) is 2.38. The summed E-state index contributed by atoms with van der Waals surface area (Å²) in [5.41, 5.74) is 1.21. The lowest BCUT2D eigenvalue weighted by Gasteiger charge is -2.15. The molecule has 1 N–H and O–H groups in total. The molecular weight excluding hydrogens is 222 g/mol. The smallest absolute Gasteiger partial charge is 0.122 e. The molecule has 1 atom stereocenters. The molecule has 0 heterocycles. The van der Waals surface area contributed by atoms with E-state index < -0.39 is 0 Å². The van der Waals surface area contributed by atoms with Crippen molar-refractivity contribution in [2.75, 3.05) is 19.7 Å². The fraction of sp³-hybridized carbons (Fsp3) is 0.500. The van der Waals surface area contributed by atoms with Gasteiger partial charge in [-0.25, -0.2) is 0 Å². The summed E-state index contributed by atoms with van der Waals surface area (Å²) in [6.45, 7) is 11.0. The molecule has 0 aromatic heterocycles. The van der Waals surface area contributed by atoms with E-state index in [4.69, 9.17) is 4.74 Å². The highest BCUT2D eigenvalue weighted by Gasteiger charge is 2.05. The van der Waals surface area contributed by atoms with Crippen molar-refractivity contribution < 1.29 is 4.74 Å². The molecule has 0 bridgehead atoms. The topological polar surface area (TPSA) is 21.3 Å². The van der Waals surface area contributed by atoms with Crippen molar-refractivity contribution in [3.05, 3.63) is 42.5 Å². The first kappa shape index (κ1) is 14.8. The summed E-state index contributed by atoms with van der Waals surface area (Å²) in [5.74, 6) is 1.51. The Balaban J connectivity index is 2.40. The van der Waals surface area contributed by atoms with Crippen molar-refractivity contribution in [2.24, 2.45) is 5.92 Å². The molecule has 0 saturated carbocycles. The highest BCUT2D eigenvalue weighted by molar-refractivity contribution is 5.34. The summed E-state index contributed by atoms with van der Waals surface area (Å²) in [6.07, 6.45) is 3.95. The van der Waals surface area contributed by atoms with E-state index in [9.17, 15) is 0 Å². The monoisotopic (exact) mass is 247 g/mol. The van der Waals surface area contributed by atoms with Gasteiger partial charge < -0.3 is 10.1 Å². The summed E-state index contributed by atoms with van der Waals surface area (Å²) in [5, 5.41) is 3.41. The lowest BCUT2D eigenvalue weighted by Crippen LogP contribution is -2.25. The largest absolute Gasteiger partial charge is 0.493 e. The first-order chi connectivity index (χ1) is 8.77. The minimum Gasteiger partial charge on any atom is -0.493 e. The van der Waals surface area contributed by atoms with Crippen molar-refractivity contribution in [1.82, 2.24) is 5.32 Å². The molecule has 2 heteroatoms. The Morgan fingerprint density at radius 2 is 2.17 bits per heavy atom. The van der Waals surface area contributed by atoms with E-state index in [-0.39, 0.29) is 0 Å².